The van der Waals surface area contributed by atoms with E-state index in [1.165, 1.54) is 0 Å². The van der Waals surface area contributed by atoms with Crippen LogP contribution >= 0.6 is 86.4 Å². The average Bonchev–Trinajstić information content (AvgIpc) is 2.86. The van der Waals surface area contributed by atoms with E-state index in [2.05, 4.69) is 50.0 Å². The topological polar surface area (TPSA) is 0 Å². The molecule has 0 heterocycles. The monoisotopic (exact) mass is 556 g/mol. The maximum Gasteiger partial charge on any atom is -0.00793 e. The summed E-state index contributed by atoms with van der Waals surface area (Å²) in [7, 11) is 14.2. The predicted molar refractivity (Wildman–Crippen MR) is 176 cm³/mol. The van der Waals surface area contributed by atoms with Crippen molar-refractivity contribution in [3.8, 4) is 0 Å². The van der Waals surface area contributed by atoms with Gasteiger partial charge in [-0.15, -0.1) is 0 Å². The summed E-state index contributed by atoms with van der Waals surface area (Å²) in [6, 6.07) is 0. The van der Waals surface area contributed by atoms with Gasteiger partial charge in [-0.1, -0.05) is 169 Å². The van der Waals surface area contributed by atoms with E-state index in [1.807, 2.05) is 83.1 Å². The summed E-state index contributed by atoms with van der Waals surface area (Å²) in [4.78, 5) is 0. The summed E-state index contributed by atoms with van der Waals surface area (Å²) in [6.07, 6.45) is 16.5. The molecule has 0 saturated heterocycles. The number of hydrogen-bond acceptors (Lipinski definition) is 8. The average molecular weight is 557 g/mol. The van der Waals surface area contributed by atoms with E-state index in [0.29, 0.717) is 0 Å². The molecule has 8 heteroatoms. The van der Waals surface area contributed by atoms with Crippen molar-refractivity contribution in [2.75, 3.05) is 50.0 Å². The molecule has 0 atom stereocenters. The fourth-order valence-corrected chi connectivity index (χ4v) is 0. The Labute approximate surface area is 217 Å². The van der Waals surface area contributed by atoms with Gasteiger partial charge in [0.05, 0.1) is 0 Å². The molecule has 0 nitrogen and oxygen atoms in total. The first-order chi connectivity index (χ1) is 13.7. The van der Waals surface area contributed by atoms with E-state index >= 15 is 0 Å². The Hall–Kier alpha value is 2.80. The molecule has 188 valence electrons. The maximum absolute atomic E-state index is 2.06. The highest BCUT2D eigenvalue weighted by Gasteiger charge is 1.56. The minimum absolute atomic E-state index is 1.77. The van der Waals surface area contributed by atoms with Crippen LogP contribution < -0.4 is 0 Å². The second-order valence-corrected chi connectivity index (χ2v) is 12.0. The summed E-state index contributed by atoms with van der Waals surface area (Å²) < 4.78 is 0. The van der Waals surface area contributed by atoms with Crippen molar-refractivity contribution >= 4 is 86.4 Å². The van der Waals surface area contributed by atoms with Crippen LogP contribution in [0.15, 0.2) is 0 Å². The molecule has 0 N–H and O–H groups in total. The summed E-state index contributed by atoms with van der Waals surface area (Å²) in [5.41, 5.74) is 0. The molecular formula is C20H60S8. The molecule has 0 aromatic carbocycles. The van der Waals surface area contributed by atoms with Crippen molar-refractivity contribution < 1.29 is 0 Å². The molecule has 0 radical (unpaired) electrons. The van der Waals surface area contributed by atoms with Crippen LogP contribution in [0.3, 0.4) is 0 Å². The van der Waals surface area contributed by atoms with Crippen LogP contribution in [0.4, 0.5) is 0 Å². The van der Waals surface area contributed by atoms with Gasteiger partial charge < -0.3 is 0 Å². The molecule has 0 aromatic rings. The fraction of sp³-hybridized carbons (Fsp3) is 1.00. The van der Waals surface area contributed by atoms with Crippen LogP contribution in [-0.4, -0.2) is 50.0 Å². The second-order valence-electron chi connectivity index (χ2n) is 1.33. The molecule has 0 aliphatic carbocycles. The standard InChI is InChI=1S/4C2H6S2.6C2H6/c4*1-3-4-2;6*1-2/h4*1-2H3;6*1-2H3. The van der Waals surface area contributed by atoms with Gasteiger partial charge in [0.15, 0.2) is 0 Å². The van der Waals surface area contributed by atoms with Crippen LogP contribution in [0.2, 0.25) is 0 Å². The zero-order valence-electron chi connectivity index (χ0n) is 23.3. The van der Waals surface area contributed by atoms with Gasteiger partial charge in [-0.2, -0.15) is 0 Å². The Bertz CT molecular complexity index is 48.2. The van der Waals surface area contributed by atoms with Crippen LogP contribution in [-0.2, 0) is 0 Å². The van der Waals surface area contributed by atoms with Crippen molar-refractivity contribution in [2.24, 2.45) is 0 Å². The molecule has 28 heavy (non-hydrogen) atoms. The summed E-state index contributed by atoms with van der Waals surface area (Å²) >= 11 is 0. The fourth-order valence-electron chi connectivity index (χ4n) is 0. The van der Waals surface area contributed by atoms with Crippen molar-refractivity contribution in [3.63, 3.8) is 0 Å². The Morgan fingerprint density at radius 1 is 0.179 bits per heavy atom. The van der Waals surface area contributed by atoms with Crippen LogP contribution in [0.1, 0.15) is 83.1 Å². The van der Waals surface area contributed by atoms with Crippen LogP contribution in [0.25, 0.3) is 0 Å². The van der Waals surface area contributed by atoms with E-state index in [1.54, 1.807) is 86.4 Å². The van der Waals surface area contributed by atoms with Gasteiger partial charge in [0.1, 0.15) is 0 Å². The Balaban J connectivity index is -0.0000000164. The van der Waals surface area contributed by atoms with Gasteiger partial charge >= 0.3 is 0 Å². The lowest BCUT2D eigenvalue weighted by molar-refractivity contribution is 1.50. The van der Waals surface area contributed by atoms with Crippen molar-refractivity contribution in [2.45, 2.75) is 83.1 Å². The molecule has 0 amide bonds. The minimum atomic E-state index is 1.77. The van der Waals surface area contributed by atoms with E-state index in [-0.39, 0.29) is 0 Å². The largest absolute Gasteiger partial charge is 0.0979 e. The Morgan fingerprint density at radius 2 is 0.214 bits per heavy atom. The highest BCUT2D eigenvalue weighted by Crippen LogP contribution is 2.10. The van der Waals surface area contributed by atoms with Crippen molar-refractivity contribution in [1.82, 2.24) is 0 Å². The molecule has 0 spiro atoms. The molecule has 0 rings (SSSR count). The van der Waals surface area contributed by atoms with Crippen LogP contribution in [0, 0.1) is 0 Å². The smallest absolute Gasteiger partial charge is 0.00793 e. The quantitative estimate of drug-likeness (QED) is 0.309. The molecule has 0 saturated carbocycles. The number of hydrogen-bond donors (Lipinski definition) is 0. The third-order valence-corrected chi connectivity index (χ3v) is 6.00. The third-order valence-electron chi connectivity index (χ3n) is 0.667. The molecule has 0 aliphatic rings. The predicted octanol–water partition coefficient (Wildman–Crippen LogP) is 12.7. The lowest BCUT2D eigenvalue weighted by Crippen LogP contribution is -1.28. The van der Waals surface area contributed by atoms with Gasteiger partial charge in [0, 0.05) is 0 Å². The molecule has 0 bridgehead atoms. The van der Waals surface area contributed by atoms with E-state index < -0.39 is 0 Å². The summed E-state index contributed by atoms with van der Waals surface area (Å²) in [5, 5.41) is 0. The molecule has 0 aliphatic heterocycles. The zero-order valence-corrected chi connectivity index (χ0v) is 29.8. The third kappa shape index (κ3) is 481. The minimum Gasteiger partial charge on any atom is -0.0979 e. The summed E-state index contributed by atoms with van der Waals surface area (Å²) in [6.45, 7) is 24.0. The van der Waals surface area contributed by atoms with Gasteiger partial charge in [-0.25, -0.2) is 0 Å². The van der Waals surface area contributed by atoms with E-state index in [9.17, 15) is 0 Å². The maximum atomic E-state index is 2.06. The molecular weight excluding hydrogens is 497 g/mol. The lowest BCUT2D eigenvalue weighted by atomic mass is 11.0. The normalized spacial score (nSPS) is 5.57. The van der Waals surface area contributed by atoms with E-state index in [4.69, 9.17) is 0 Å². The lowest BCUT2D eigenvalue weighted by Gasteiger charge is -1.69. The van der Waals surface area contributed by atoms with Crippen molar-refractivity contribution in [3.05, 3.63) is 0 Å². The first kappa shape index (κ1) is 63.2. The second kappa shape index (κ2) is 212. The first-order valence-corrected chi connectivity index (χ1v) is 21.8. The SMILES string of the molecule is CC.CC.CC.CC.CC.CC.CSSC.CSSC.CSSC.CSSC. The van der Waals surface area contributed by atoms with Gasteiger partial charge in [-0.05, 0) is 50.0 Å². The Kier molecular flexibility index (Phi) is 478. The highest BCUT2D eigenvalue weighted by atomic mass is 33.1. The zero-order chi connectivity index (χ0) is 25.7. The molecule has 0 aromatic heterocycles. The van der Waals surface area contributed by atoms with Gasteiger partial charge in [-0.3, -0.25) is 0 Å². The van der Waals surface area contributed by atoms with Gasteiger partial charge in [0.25, 0.3) is 0 Å². The van der Waals surface area contributed by atoms with Crippen molar-refractivity contribution in [1.29, 1.82) is 0 Å². The number of rotatable bonds is 4. The molecule has 0 unspecified atom stereocenters. The first-order valence-electron chi connectivity index (χ1n) is 9.93. The molecule has 0 fully saturated rings. The van der Waals surface area contributed by atoms with E-state index in [0.717, 1.165) is 0 Å². The Morgan fingerprint density at radius 3 is 0.214 bits per heavy atom. The summed E-state index contributed by atoms with van der Waals surface area (Å²) in [5.74, 6) is 0. The van der Waals surface area contributed by atoms with Crippen LogP contribution in [0.5, 0.6) is 0 Å². The van der Waals surface area contributed by atoms with Gasteiger partial charge in [0.2, 0.25) is 0 Å². The highest BCUT2D eigenvalue weighted by molar-refractivity contribution is 8.77.